The van der Waals surface area contributed by atoms with Crippen LogP contribution < -0.4 is 4.74 Å². The SMILES string of the molecule is COc1ccc(-c2cccc(-c3ccc(-c4ccccc4)c(C)c3)c2)cc1. The Bertz CT molecular complexity index is 1050. The van der Waals surface area contributed by atoms with E-state index < -0.39 is 0 Å². The van der Waals surface area contributed by atoms with Crippen LogP contribution in [0.4, 0.5) is 0 Å². The summed E-state index contributed by atoms with van der Waals surface area (Å²) in [6.07, 6.45) is 0. The fourth-order valence-electron chi connectivity index (χ4n) is 3.45. The Morgan fingerprint density at radius 1 is 0.519 bits per heavy atom. The van der Waals surface area contributed by atoms with Crippen LogP contribution in [0.2, 0.25) is 0 Å². The van der Waals surface area contributed by atoms with Gasteiger partial charge in [0, 0.05) is 0 Å². The van der Waals surface area contributed by atoms with E-state index >= 15 is 0 Å². The predicted molar refractivity (Wildman–Crippen MR) is 114 cm³/mol. The first-order chi connectivity index (χ1) is 13.2. The molecule has 0 aliphatic heterocycles. The van der Waals surface area contributed by atoms with Crippen molar-refractivity contribution in [3.8, 4) is 39.1 Å². The molecule has 0 amide bonds. The molecule has 27 heavy (non-hydrogen) atoms. The molecule has 0 heterocycles. The topological polar surface area (TPSA) is 9.23 Å². The van der Waals surface area contributed by atoms with Gasteiger partial charge in [-0.25, -0.2) is 0 Å². The van der Waals surface area contributed by atoms with Crippen LogP contribution >= 0.6 is 0 Å². The Morgan fingerprint density at radius 2 is 1.11 bits per heavy atom. The lowest BCUT2D eigenvalue weighted by molar-refractivity contribution is 0.415. The molecule has 4 aromatic carbocycles. The van der Waals surface area contributed by atoms with E-state index in [0.29, 0.717) is 0 Å². The van der Waals surface area contributed by atoms with E-state index in [0.717, 1.165) is 5.75 Å². The van der Waals surface area contributed by atoms with Gasteiger partial charge in [-0.2, -0.15) is 0 Å². The normalized spacial score (nSPS) is 10.6. The number of benzene rings is 4. The summed E-state index contributed by atoms with van der Waals surface area (Å²) in [5.41, 5.74) is 8.69. The van der Waals surface area contributed by atoms with Crippen molar-refractivity contribution in [2.75, 3.05) is 7.11 Å². The largest absolute Gasteiger partial charge is 0.497 e. The van der Waals surface area contributed by atoms with Crippen molar-refractivity contribution in [2.45, 2.75) is 6.92 Å². The van der Waals surface area contributed by atoms with Gasteiger partial charge in [0.25, 0.3) is 0 Å². The van der Waals surface area contributed by atoms with Crippen LogP contribution in [-0.4, -0.2) is 7.11 Å². The lowest BCUT2D eigenvalue weighted by Crippen LogP contribution is -1.87. The first-order valence-electron chi connectivity index (χ1n) is 9.15. The van der Waals surface area contributed by atoms with E-state index in [1.165, 1.54) is 38.9 Å². The highest BCUT2D eigenvalue weighted by Crippen LogP contribution is 2.31. The van der Waals surface area contributed by atoms with E-state index in [1.807, 2.05) is 12.1 Å². The smallest absolute Gasteiger partial charge is 0.118 e. The number of rotatable bonds is 4. The Kier molecular flexibility index (Phi) is 4.76. The van der Waals surface area contributed by atoms with Gasteiger partial charge in [-0.3, -0.25) is 0 Å². The second-order valence-electron chi connectivity index (χ2n) is 6.71. The summed E-state index contributed by atoms with van der Waals surface area (Å²) in [5, 5.41) is 0. The second-order valence-corrected chi connectivity index (χ2v) is 6.71. The van der Waals surface area contributed by atoms with Crippen molar-refractivity contribution in [1.29, 1.82) is 0 Å². The molecule has 0 bridgehead atoms. The summed E-state index contributed by atoms with van der Waals surface area (Å²) in [5.74, 6) is 0.877. The van der Waals surface area contributed by atoms with Gasteiger partial charge in [0.2, 0.25) is 0 Å². The van der Waals surface area contributed by atoms with E-state index in [4.69, 9.17) is 4.74 Å². The van der Waals surface area contributed by atoms with Gasteiger partial charge in [0.1, 0.15) is 5.75 Å². The van der Waals surface area contributed by atoms with E-state index in [1.54, 1.807) is 7.11 Å². The van der Waals surface area contributed by atoms with Crippen LogP contribution in [0.15, 0.2) is 97.1 Å². The minimum Gasteiger partial charge on any atom is -0.497 e. The molecular weight excluding hydrogens is 328 g/mol. The van der Waals surface area contributed by atoms with Crippen LogP contribution in [0.5, 0.6) is 5.75 Å². The highest BCUT2D eigenvalue weighted by Gasteiger charge is 2.06. The van der Waals surface area contributed by atoms with Gasteiger partial charge in [0.15, 0.2) is 0 Å². The zero-order valence-corrected chi connectivity index (χ0v) is 15.6. The number of methoxy groups -OCH3 is 1. The molecule has 0 fully saturated rings. The van der Waals surface area contributed by atoms with Crippen molar-refractivity contribution < 1.29 is 4.74 Å². The molecule has 0 spiro atoms. The molecule has 1 nitrogen and oxygen atoms in total. The molecule has 0 atom stereocenters. The molecule has 0 unspecified atom stereocenters. The lowest BCUT2D eigenvalue weighted by atomic mass is 9.94. The first kappa shape index (κ1) is 17.1. The molecule has 0 aromatic heterocycles. The Balaban J connectivity index is 1.68. The summed E-state index contributed by atoms with van der Waals surface area (Å²) in [6, 6.07) is 34.1. The average Bonchev–Trinajstić information content (AvgIpc) is 2.74. The van der Waals surface area contributed by atoms with Crippen molar-refractivity contribution in [2.24, 2.45) is 0 Å². The second kappa shape index (κ2) is 7.51. The number of aryl methyl sites for hydroxylation is 1. The minimum absolute atomic E-state index is 0.877. The standard InChI is InChI=1S/C26H22O/c1-19-17-24(13-16-26(19)21-7-4-3-5-8-21)23-10-6-9-22(18-23)20-11-14-25(27-2)15-12-20/h3-18H,1-2H3. The van der Waals surface area contributed by atoms with Crippen molar-refractivity contribution in [3.05, 3.63) is 103 Å². The van der Waals surface area contributed by atoms with Crippen LogP contribution in [0.3, 0.4) is 0 Å². The molecule has 0 saturated heterocycles. The monoisotopic (exact) mass is 350 g/mol. The highest BCUT2D eigenvalue weighted by molar-refractivity contribution is 5.77. The number of hydrogen-bond acceptors (Lipinski definition) is 1. The van der Waals surface area contributed by atoms with E-state index in [2.05, 4.69) is 91.9 Å². The van der Waals surface area contributed by atoms with Crippen LogP contribution in [0, 0.1) is 6.92 Å². The molecule has 1 heteroatoms. The summed E-state index contributed by atoms with van der Waals surface area (Å²) < 4.78 is 5.26. The van der Waals surface area contributed by atoms with E-state index in [-0.39, 0.29) is 0 Å². The van der Waals surface area contributed by atoms with Crippen LogP contribution in [-0.2, 0) is 0 Å². The zero-order chi connectivity index (χ0) is 18.6. The van der Waals surface area contributed by atoms with Crippen LogP contribution in [0.25, 0.3) is 33.4 Å². The fourth-order valence-corrected chi connectivity index (χ4v) is 3.45. The van der Waals surface area contributed by atoms with Crippen LogP contribution in [0.1, 0.15) is 5.56 Å². The number of hydrogen-bond donors (Lipinski definition) is 0. The van der Waals surface area contributed by atoms with Crippen molar-refractivity contribution in [3.63, 3.8) is 0 Å². The summed E-state index contributed by atoms with van der Waals surface area (Å²) in [6.45, 7) is 2.18. The molecular formula is C26H22O. The fraction of sp³-hybridized carbons (Fsp3) is 0.0769. The first-order valence-corrected chi connectivity index (χ1v) is 9.15. The molecule has 0 saturated carbocycles. The predicted octanol–water partition coefficient (Wildman–Crippen LogP) is 7.00. The maximum atomic E-state index is 5.26. The molecule has 4 aromatic rings. The molecule has 132 valence electrons. The lowest BCUT2D eigenvalue weighted by Gasteiger charge is -2.11. The minimum atomic E-state index is 0.877. The Labute approximate surface area is 160 Å². The summed E-state index contributed by atoms with van der Waals surface area (Å²) in [4.78, 5) is 0. The molecule has 0 aliphatic carbocycles. The molecule has 4 rings (SSSR count). The average molecular weight is 350 g/mol. The molecule has 0 N–H and O–H groups in total. The summed E-state index contributed by atoms with van der Waals surface area (Å²) in [7, 11) is 1.69. The van der Waals surface area contributed by atoms with Gasteiger partial charge in [-0.15, -0.1) is 0 Å². The molecule has 0 radical (unpaired) electrons. The van der Waals surface area contributed by atoms with Gasteiger partial charge >= 0.3 is 0 Å². The number of ether oxygens (including phenoxy) is 1. The van der Waals surface area contributed by atoms with Crippen molar-refractivity contribution in [1.82, 2.24) is 0 Å². The maximum Gasteiger partial charge on any atom is 0.118 e. The van der Waals surface area contributed by atoms with Crippen molar-refractivity contribution >= 4 is 0 Å². The van der Waals surface area contributed by atoms with Gasteiger partial charge in [0.05, 0.1) is 7.11 Å². The van der Waals surface area contributed by atoms with E-state index in [9.17, 15) is 0 Å². The third-order valence-corrected chi connectivity index (χ3v) is 4.93. The van der Waals surface area contributed by atoms with Gasteiger partial charge < -0.3 is 4.74 Å². The third-order valence-electron chi connectivity index (χ3n) is 4.93. The maximum absolute atomic E-state index is 5.26. The van der Waals surface area contributed by atoms with Gasteiger partial charge in [-0.05, 0) is 64.1 Å². The quantitative estimate of drug-likeness (QED) is 0.385. The zero-order valence-electron chi connectivity index (χ0n) is 15.6. The Morgan fingerprint density at radius 3 is 1.78 bits per heavy atom. The van der Waals surface area contributed by atoms with Gasteiger partial charge in [-0.1, -0.05) is 78.9 Å². The Hall–Kier alpha value is -3.32. The molecule has 0 aliphatic rings. The highest BCUT2D eigenvalue weighted by atomic mass is 16.5. The summed E-state index contributed by atoms with van der Waals surface area (Å²) >= 11 is 0. The third kappa shape index (κ3) is 3.63.